The summed E-state index contributed by atoms with van der Waals surface area (Å²) < 4.78 is 2.96. The molecule has 0 amide bonds. The van der Waals surface area contributed by atoms with Crippen molar-refractivity contribution in [2.75, 3.05) is 0 Å². The van der Waals surface area contributed by atoms with E-state index in [0.717, 1.165) is 20.8 Å². The Hall–Kier alpha value is -1.28. The number of hydrogen-bond donors (Lipinski definition) is 2. The number of rotatable bonds is 4. The van der Waals surface area contributed by atoms with E-state index in [2.05, 4.69) is 31.3 Å². The van der Waals surface area contributed by atoms with E-state index < -0.39 is 0 Å². The fourth-order valence-corrected chi connectivity index (χ4v) is 3.22. The molecule has 0 radical (unpaired) electrons. The summed E-state index contributed by atoms with van der Waals surface area (Å²) in [5, 5.41) is 2.01. The van der Waals surface area contributed by atoms with Gasteiger partial charge in [0.05, 0.1) is 17.4 Å². The van der Waals surface area contributed by atoms with Crippen LogP contribution >= 0.6 is 27.3 Å². The number of aromatic nitrogens is 3. The molecule has 0 aliphatic heterocycles. The second-order valence-electron chi connectivity index (χ2n) is 4.12. The van der Waals surface area contributed by atoms with Crippen molar-refractivity contribution in [3.05, 3.63) is 52.0 Å². The lowest BCUT2D eigenvalue weighted by Gasteiger charge is -2.15. The first-order valence-corrected chi connectivity index (χ1v) is 7.43. The third-order valence-electron chi connectivity index (χ3n) is 2.87. The number of hydrogen-bond acceptors (Lipinski definition) is 5. The third-order valence-corrected chi connectivity index (χ3v) is 4.32. The lowest BCUT2D eigenvalue weighted by Crippen LogP contribution is -2.30. The molecular weight excluding hydrogens is 326 g/mol. The zero-order chi connectivity index (χ0) is 13.2. The fraction of sp³-hybridized carbons (Fsp3) is 0.167. The average Bonchev–Trinajstić information content (AvgIpc) is 2.97. The maximum absolute atomic E-state index is 5.65. The molecular formula is C12H12BrN5S. The number of nitrogens with one attached hydrogen (secondary N) is 1. The molecule has 0 spiro atoms. The summed E-state index contributed by atoms with van der Waals surface area (Å²) in [4.78, 5) is 9.92. The van der Waals surface area contributed by atoms with Crippen LogP contribution in [0.3, 0.4) is 0 Å². The van der Waals surface area contributed by atoms with Crippen molar-refractivity contribution < 1.29 is 0 Å². The molecule has 3 aromatic heterocycles. The monoisotopic (exact) mass is 337 g/mol. The van der Waals surface area contributed by atoms with Crippen molar-refractivity contribution in [2.24, 2.45) is 5.84 Å². The lowest BCUT2D eigenvalue weighted by molar-refractivity contribution is 0.531. The summed E-state index contributed by atoms with van der Waals surface area (Å²) in [5.74, 6) is 5.65. The van der Waals surface area contributed by atoms with Gasteiger partial charge >= 0.3 is 0 Å². The van der Waals surface area contributed by atoms with Gasteiger partial charge < -0.3 is 0 Å². The van der Waals surface area contributed by atoms with Crippen molar-refractivity contribution in [3.8, 4) is 0 Å². The number of hydrazine groups is 1. The maximum atomic E-state index is 5.65. The molecule has 1 unspecified atom stereocenters. The Bertz CT molecular complexity index is 664. The number of nitrogens with two attached hydrogens (primary N) is 1. The molecule has 0 saturated carbocycles. The topological polar surface area (TPSA) is 68.2 Å². The summed E-state index contributed by atoms with van der Waals surface area (Å²) in [6, 6.07) is 3.77. The summed E-state index contributed by atoms with van der Waals surface area (Å²) in [7, 11) is 0. The summed E-state index contributed by atoms with van der Waals surface area (Å²) in [6.07, 6.45) is 6.47. The molecule has 5 nitrogen and oxygen atoms in total. The van der Waals surface area contributed by atoms with E-state index in [9.17, 15) is 0 Å². The van der Waals surface area contributed by atoms with Gasteiger partial charge in [-0.1, -0.05) is 0 Å². The lowest BCUT2D eigenvalue weighted by atomic mass is 10.1. The highest BCUT2D eigenvalue weighted by atomic mass is 79.9. The molecule has 3 N–H and O–H groups in total. The first-order chi connectivity index (χ1) is 9.28. The van der Waals surface area contributed by atoms with E-state index in [1.54, 1.807) is 17.5 Å². The zero-order valence-corrected chi connectivity index (χ0v) is 12.4. The molecule has 3 heterocycles. The fourth-order valence-electron chi connectivity index (χ4n) is 1.97. The number of thiazole rings is 1. The maximum Gasteiger partial charge on any atom is 0.193 e. The normalized spacial score (nSPS) is 12.9. The first-order valence-electron chi connectivity index (χ1n) is 5.75. The molecule has 0 fully saturated rings. The highest BCUT2D eigenvalue weighted by Gasteiger charge is 2.16. The third kappa shape index (κ3) is 2.55. The summed E-state index contributed by atoms with van der Waals surface area (Å²) in [6.45, 7) is 0. The SMILES string of the molecule is NNC(Cc1cn2ccsc2n1)c1ncccc1Br. The van der Waals surface area contributed by atoms with Crippen LogP contribution in [-0.2, 0) is 6.42 Å². The Balaban J connectivity index is 1.87. The van der Waals surface area contributed by atoms with Crippen LogP contribution in [0.5, 0.6) is 0 Å². The molecule has 3 rings (SSSR count). The van der Waals surface area contributed by atoms with Gasteiger partial charge in [-0.3, -0.25) is 20.7 Å². The average molecular weight is 338 g/mol. The minimum absolute atomic E-state index is 0.0693. The quantitative estimate of drug-likeness (QED) is 0.566. The molecule has 0 bridgehead atoms. The molecule has 0 aromatic carbocycles. The zero-order valence-electron chi connectivity index (χ0n) is 9.95. The Morgan fingerprint density at radius 2 is 2.42 bits per heavy atom. The van der Waals surface area contributed by atoms with Gasteiger partial charge in [-0.15, -0.1) is 11.3 Å². The van der Waals surface area contributed by atoms with Gasteiger partial charge in [0, 0.05) is 34.9 Å². The van der Waals surface area contributed by atoms with Gasteiger partial charge in [0.1, 0.15) is 0 Å². The van der Waals surface area contributed by atoms with Crippen LogP contribution in [0.25, 0.3) is 4.96 Å². The van der Waals surface area contributed by atoms with Gasteiger partial charge in [0.2, 0.25) is 0 Å². The second-order valence-corrected chi connectivity index (χ2v) is 5.85. The highest BCUT2D eigenvalue weighted by molar-refractivity contribution is 9.10. The Morgan fingerprint density at radius 1 is 1.53 bits per heavy atom. The van der Waals surface area contributed by atoms with Crippen LogP contribution < -0.4 is 11.3 Å². The van der Waals surface area contributed by atoms with Crippen molar-refractivity contribution in [1.82, 2.24) is 19.8 Å². The van der Waals surface area contributed by atoms with Gasteiger partial charge in [0.25, 0.3) is 0 Å². The van der Waals surface area contributed by atoms with E-state index >= 15 is 0 Å². The number of halogens is 1. The number of pyridine rings is 1. The standard InChI is InChI=1S/C12H12BrN5S/c13-9-2-1-3-15-11(9)10(17-14)6-8-7-18-4-5-19-12(18)16-8/h1-5,7,10,17H,6,14H2. The highest BCUT2D eigenvalue weighted by Crippen LogP contribution is 2.23. The minimum Gasteiger partial charge on any atom is -0.297 e. The molecule has 0 aliphatic rings. The Kier molecular flexibility index (Phi) is 3.61. The van der Waals surface area contributed by atoms with E-state index in [0.29, 0.717) is 6.42 Å². The smallest absolute Gasteiger partial charge is 0.193 e. The van der Waals surface area contributed by atoms with Crippen LogP contribution in [0, 0.1) is 0 Å². The number of fused-ring (bicyclic) bond motifs is 1. The van der Waals surface area contributed by atoms with Crippen molar-refractivity contribution in [1.29, 1.82) is 0 Å². The van der Waals surface area contributed by atoms with Crippen LogP contribution in [0.4, 0.5) is 0 Å². The Morgan fingerprint density at radius 3 is 3.16 bits per heavy atom. The number of imidazole rings is 1. The molecule has 19 heavy (non-hydrogen) atoms. The van der Waals surface area contributed by atoms with E-state index in [4.69, 9.17) is 5.84 Å². The van der Waals surface area contributed by atoms with Crippen molar-refractivity contribution >= 4 is 32.2 Å². The van der Waals surface area contributed by atoms with Gasteiger partial charge in [0.15, 0.2) is 4.96 Å². The molecule has 98 valence electrons. The van der Waals surface area contributed by atoms with Crippen LogP contribution in [-0.4, -0.2) is 14.4 Å². The molecule has 0 saturated heterocycles. The predicted octanol–water partition coefficient (Wildman–Crippen LogP) is 2.30. The second kappa shape index (κ2) is 5.38. The van der Waals surface area contributed by atoms with E-state index in [-0.39, 0.29) is 6.04 Å². The van der Waals surface area contributed by atoms with Gasteiger partial charge in [-0.25, -0.2) is 4.98 Å². The van der Waals surface area contributed by atoms with E-state index in [1.807, 2.05) is 34.3 Å². The Labute approximate surface area is 122 Å². The minimum atomic E-state index is -0.0693. The van der Waals surface area contributed by atoms with Crippen LogP contribution in [0.1, 0.15) is 17.4 Å². The summed E-state index contributed by atoms with van der Waals surface area (Å²) >= 11 is 5.11. The van der Waals surface area contributed by atoms with Gasteiger partial charge in [-0.05, 0) is 28.1 Å². The van der Waals surface area contributed by atoms with Crippen molar-refractivity contribution in [3.63, 3.8) is 0 Å². The van der Waals surface area contributed by atoms with Gasteiger partial charge in [-0.2, -0.15) is 0 Å². The molecule has 3 aromatic rings. The predicted molar refractivity (Wildman–Crippen MR) is 78.8 cm³/mol. The summed E-state index contributed by atoms with van der Waals surface area (Å²) in [5.41, 5.74) is 4.69. The largest absolute Gasteiger partial charge is 0.297 e. The molecule has 1 atom stereocenters. The van der Waals surface area contributed by atoms with Crippen LogP contribution in [0.2, 0.25) is 0 Å². The first kappa shape index (κ1) is 12.7. The van der Waals surface area contributed by atoms with Crippen LogP contribution in [0.15, 0.2) is 40.6 Å². The van der Waals surface area contributed by atoms with Crippen molar-refractivity contribution in [2.45, 2.75) is 12.5 Å². The van der Waals surface area contributed by atoms with E-state index in [1.165, 1.54) is 0 Å². The number of nitrogens with zero attached hydrogens (tertiary/aromatic N) is 3. The molecule has 0 aliphatic carbocycles. The molecule has 7 heteroatoms.